The van der Waals surface area contributed by atoms with Crippen LogP contribution in [0.5, 0.6) is 0 Å². The maximum Gasteiger partial charge on any atom is 0.273 e. The molecule has 1 aliphatic heterocycles. The van der Waals surface area contributed by atoms with E-state index in [9.17, 15) is 9.59 Å². The second-order valence-electron chi connectivity index (χ2n) is 5.98. The number of carbonyl (C=O) groups is 2. The quantitative estimate of drug-likeness (QED) is 0.532. The van der Waals surface area contributed by atoms with Gasteiger partial charge < -0.3 is 19.7 Å². The van der Waals surface area contributed by atoms with Crippen molar-refractivity contribution < 1.29 is 19.1 Å². The highest BCUT2D eigenvalue weighted by Gasteiger charge is 2.36. The van der Waals surface area contributed by atoms with Crippen molar-refractivity contribution in [2.24, 2.45) is 0 Å². The van der Waals surface area contributed by atoms with E-state index in [1.807, 2.05) is 13.8 Å². The van der Waals surface area contributed by atoms with E-state index in [-0.39, 0.29) is 23.9 Å². The lowest BCUT2D eigenvalue weighted by molar-refractivity contribution is -0.117. The molecule has 1 fully saturated rings. The molecule has 2 rings (SSSR count). The molecule has 2 amide bonds. The van der Waals surface area contributed by atoms with E-state index < -0.39 is 0 Å². The Morgan fingerprint density at radius 1 is 1.46 bits per heavy atom. The van der Waals surface area contributed by atoms with Crippen molar-refractivity contribution >= 4 is 34.8 Å². The second-order valence-corrected chi connectivity index (χ2v) is 7.77. The average Bonchev–Trinajstić information content (AvgIpc) is 3.12. The highest BCUT2D eigenvalue weighted by atomic mass is 35.5. The second kappa shape index (κ2) is 10.0. The first-order valence-corrected chi connectivity index (χ1v) is 9.61. The predicted molar refractivity (Wildman–Crippen MR) is 101 cm³/mol. The first-order chi connectivity index (χ1) is 12.4. The van der Waals surface area contributed by atoms with Gasteiger partial charge in [0, 0.05) is 30.6 Å². The van der Waals surface area contributed by atoms with Crippen molar-refractivity contribution in [3.8, 4) is 0 Å². The molecule has 0 unspecified atom stereocenters. The largest absolute Gasteiger partial charge is 0.382 e. The Bertz CT molecular complexity index is 664. The summed E-state index contributed by atoms with van der Waals surface area (Å²) in [4.78, 5) is 31.4. The number of thiazole rings is 1. The minimum atomic E-state index is -0.195. The molecular formula is C17H24ClN3O4S. The number of aryl methyl sites for hydroxylation is 1. The van der Waals surface area contributed by atoms with Crippen molar-refractivity contribution in [3.05, 3.63) is 27.2 Å². The first-order valence-electron chi connectivity index (χ1n) is 8.41. The van der Waals surface area contributed by atoms with Crippen LogP contribution in [-0.4, -0.2) is 67.3 Å². The van der Waals surface area contributed by atoms with Crippen LogP contribution in [0.25, 0.3) is 0 Å². The zero-order valence-electron chi connectivity index (χ0n) is 15.2. The number of methoxy groups -OCH3 is 1. The minimum absolute atomic E-state index is 0.0973. The fourth-order valence-electron chi connectivity index (χ4n) is 2.80. The number of likely N-dealkylation sites (tertiary alicyclic amines) is 1. The third-order valence-corrected chi connectivity index (χ3v) is 5.31. The summed E-state index contributed by atoms with van der Waals surface area (Å²) in [5.41, 5.74) is 0.395. The van der Waals surface area contributed by atoms with Crippen LogP contribution in [0.2, 0.25) is 4.47 Å². The first kappa shape index (κ1) is 20.8. The van der Waals surface area contributed by atoms with Crippen LogP contribution in [0.3, 0.4) is 0 Å². The van der Waals surface area contributed by atoms with Crippen molar-refractivity contribution in [1.82, 2.24) is 15.2 Å². The molecule has 1 aliphatic rings. The zero-order valence-corrected chi connectivity index (χ0v) is 16.7. The molecule has 2 atom stereocenters. The third-order valence-electron chi connectivity index (χ3n) is 4.23. The molecule has 1 aromatic heterocycles. The highest BCUT2D eigenvalue weighted by molar-refractivity contribution is 7.15. The van der Waals surface area contributed by atoms with E-state index in [1.165, 1.54) is 17.4 Å². The van der Waals surface area contributed by atoms with E-state index in [1.54, 1.807) is 18.1 Å². The zero-order chi connectivity index (χ0) is 19.1. The fraction of sp³-hybridized carbons (Fsp3) is 0.588. The van der Waals surface area contributed by atoms with Crippen LogP contribution in [0, 0.1) is 6.92 Å². The van der Waals surface area contributed by atoms with Crippen LogP contribution in [-0.2, 0) is 14.3 Å². The molecule has 144 valence electrons. The van der Waals surface area contributed by atoms with Gasteiger partial charge in [0.1, 0.15) is 5.69 Å². The number of aromatic nitrogens is 1. The molecule has 1 saturated heterocycles. The third kappa shape index (κ3) is 5.51. The Morgan fingerprint density at radius 3 is 2.88 bits per heavy atom. The van der Waals surface area contributed by atoms with Gasteiger partial charge in [0.25, 0.3) is 5.91 Å². The number of nitrogens with zero attached hydrogens (tertiary/aromatic N) is 2. The van der Waals surface area contributed by atoms with Gasteiger partial charge in [-0.1, -0.05) is 17.7 Å². The smallest absolute Gasteiger partial charge is 0.273 e. The lowest BCUT2D eigenvalue weighted by Crippen LogP contribution is -2.44. The molecule has 0 spiro atoms. The predicted octanol–water partition coefficient (Wildman–Crippen LogP) is 2.04. The molecule has 26 heavy (non-hydrogen) atoms. The Balaban J connectivity index is 1.83. The Hall–Kier alpha value is -1.48. The summed E-state index contributed by atoms with van der Waals surface area (Å²) in [5, 5.41) is 2.94. The normalized spacial score (nSPS) is 20.1. The van der Waals surface area contributed by atoms with Gasteiger partial charge in [-0.05, 0) is 20.3 Å². The van der Waals surface area contributed by atoms with Gasteiger partial charge in [-0.3, -0.25) is 9.59 Å². The Morgan fingerprint density at radius 2 is 2.23 bits per heavy atom. The van der Waals surface area contributed by atoms with Gasteiger partial charge in [0.15, 0.2) is 4.47 Å². The molecule has 0 bridgehead atoms. The van der Waals surface area contributed by atoms with Crippen molar-refractivity contribution in [2.45, 2.75) is 32.4 Å². The Labute approximate surface area is 162 Å². The number of halogens is 1. The maximum atomic E-state index is 12.7. The van der Waals surface area contributed by atoms with Gasteiger partial charge >= 0.3 is 0 Å². The molecule has 7 nitrogen and oxygen atoms in total. The highest BCUT2D eigenvalue weighted by Crippen LogP contribution is 2.26. The molecule has 0 saturated carbocycles. The minimum Gasteiger partial charge on any atom is -0.382 e. The van der Waals surface area contributed by atoms with Crippen molar-refractivity contribution in [3.63, 3.8) is 0 Å². The number of hydrogen-bond acceptors (Lipinski definition) is 6. The molecule has 0 radical (unpaired) electrons. The van der Waals surface area contributed by atoms with E-state index >= 15 is 0 Å². The average molecular weight is 402 g/mol. The standard InChI is InChI=1S/C17H24ClN3O4S/c1-11-13(19-14(22)5-4-8-25-10-9-24-3)6-7-21(11)16(23)15-12(2)26-17(18)20-15/h4-5,11,13H,6-10H2,1-3H3,(H,19,22)/b5-4+/t11-,13-/m1/s1. The number of nitrogens with one attached hydrogen (secondary N) is 1. The van der Waals surface area contributed by atoms with Crippen molar-refractivity contribution in [2.75, 3.05) is 33.5 Å². The van der Waals surface area contributed by atoms with Crippen molar-refractivity contribution in [1.29, 1.82) is 0 Å². The molecule has 9 heteroatoms. The summed E-state index contributed by atoms with van der Waals surface area (Å²) in [6, 6.07) is -0.211. The number of hydrogen-bond donors (Lipinski definition) is 1. The summed E-state index contributed by atoms with van der Waals surface area (Å²) >= 11 is 7.19. The lowest BCUT2D eigenvalue weighted by Gasteiger charge is -2.24. The summed E-state index contributed by atoms with van der Waals surface area (Å²) in [5.74, 6) is -0.337. The van der Waals surface area contributed by atoms with Gasteiger partial charge in [0.2, 0.25) is 5.91 Å². The lowest BCUT2D eigenvalue weighted by atomic mass is 10.1. The summed E-state index contributed by atoms with van der Waals surface area (Å²) < 4.78 is 10.5. The van der Waals surface area contributed by atoms with Crippen LogP contribution in [0.15, 0.2) is 12.2 Å². The van der Waals surface area contributed by atoms with Gasteiger partial charge in [-0.25, -0.2) is 4.98 Å². The maximum absolute atomic E-state index is 12.7. The molecule has 2 heterocycles. The number of ether oxygens (including phenoxy) is 2. The molecule has 1 aromatic rings. The van der Waals surface area contributed by atoms with E-state index in [0.717, 1.165) is 4.88 Å². The topological polar surface area (TPSA) is 80.8 Å². The van der Waals surface area contributed by atoms with Gasteiger partial charge in [-0.2, -0.15) is 0 Å². The number of amides is 2. The SMILES string of the molecule is COCCOC/C=C/C(=O)N[C@@H]1CCN(C(=O)c2nc(Cl)sc2C)[C@@H]1C. The number of rotatable bonds is 8. The molecule has 0 aliphatic carbocycles. The van der Waals surface area contributed by atoms with E-state index in [2.05, 4.69) is 10.3 Å². The Kier molecular flexibility index (Phi) is 8.02. The van der Waals surface area contributed by atoms with Crippen LogP contribution in [0.4, 0.5) is 0 Å². The van der Waals surface area contributed by atoms with Gasteiger partial charge in [-0.15, -0.1) is 11.3 Å². The molecule has 0 aromatic carbocycles. The monoisotopic (exact) mass is 401 g/mol. The van der Waals surface area contributed by atoms with E-state index in [0.29, 0.717) is 42.9 Å². The van der Waals surface area contributed by atoms with Crippen LogP contribution in [0.1, 0.15) is 28.7 Å². The van der Waals surface area contributed by atoms with Crippen LogP contribution >= 0.6 is 22.9 Å². The van der Waals surface area contributed by atoms with Crippen LogP contribution < -0.4 is 5.32 Å². The summed E-state index contributed by atoms with van der Waals surface area (Å²) in [7, 11) is 1.60. The fourth-order valence-corrected chi connectivity index (χ4v) is 3.85. The van der Waals surface area contributed by atoms with Gasteiger partial charge in [0.05, 0.1) is 25.9 Å². The molecule has 1 N–H and O–H groups in total. The molecular weight excluding hydrogens is 378 g/mol. The number of carbonyl (C=O) groups excluding carboxylic acids is 2. The van der Waals surface area contributed by atoms with E-state index in [4.69, 9.17) is 21.1 Å². The summed E-state index contributed by atoms with van der Waals surface area (Å²) in [6.07, 6.45) is 3.82. The summed E-state index contributed by atoms with van der Waals surface area (Å²) in [6.45, 7) is 5.69.